The molecule has 104 valence electrons. The fourth-order valence-corrected chi connectivity index (χ4v) is 2.78. The smallest absolute Gasteiger partial charge is 0.167 e. The Bertz CT molecular complexity index is 628. The first-order valence-corrected chi connectivity index (χ1v) is 7.54. The molecule has 0 spiro atoms. The van der Waals surface area contributed by atoms with Gasteiger partial charge in [0.25, 0.3) is 0 Å². The van der Waals surface area contributed by atoms with Gasteiger partial charge in [-0.1, -0.05) is 34.1 Å². The van der Waals surface area contributed by atoms with Crippen molar-refractivity contribution in [3.63, 3.8) is 0 Å². The largest absolute Gasteiger partial charge is 0.294 e. The molecule has 0 aromatic heterocycles. The highest BCUT2D eigenvalue weighted by Crippen LogP contribution is 2.23. The molecule has 0 heterocycles. The van der Waals surface area contributed by atoms with Crippen LogP contribution >= 0.6 is 15.9 Å². The molecule has 1 nitrogen and oxygen atoms in total. The van der Waals surface area contributed by atoms with Crippen molar-refractivity contribution in [2.75, 3.05) is 0 Å². The minimum Gasteiger partial charge on any atom is -0.294 e. The SMILES string of the molecule is Cc1cc(C)c(C)c(C(=O)Cc2ccc(Br)cc2)c1C. The summed E-state index contributed by atoms with van der Waals surface area (Å²) in [5, 5.41) is 0. The van der Waals surface area contributed by atoms with Crippen molar-refractivity contribution in [3.05, 3.63) is 68.2 Å². The molecule has 0 amide bonds. The Labute approximate surface area is 129 Å². The van der Waals surface area contributed by atoms with E-state index in [4.69, 9.17) is 0 Å². The van der Waals surface area contributed by atoms with Gasteiger partial charge < -0.3 is 0 Å². The molecular weight excluding hydrogens is 312 g/mol. The number of benzene rings is 2. The van der Waals surface area contributed by atoms with Crippen LogP contribution in [0.3, 0.4) is 0 Å². The average Bonchev–Trinajstić information content (AvgIpc) is 2.39. The quantitative estimate of drug-likeness (QED) is 0.715. The third-order valence-electron chi connectivity index (χ3n) is 3.92. The number of carbonyl (C=O) groups excluding carboxylic acids is 1. The molecule has 0 aliphatic carbocycles. The molecule has 2 heteroatoms. The lowest BCUT2D eigenvalue weighted by atomic mass is 9.89. The van der Waals surface area contributed by atoms with Gasteiger partial charge in [0.05, 0.1) is 0 Å². The highest BCUT2D eigenvalue weighted by atomic mass is 79.9. The van der Waals surface area contributed by atoms with Crippen LogP contribution in [0.1, 0.15) is 38.2 Å². The second kappa shape index (κ2) is 5.92. The first-order chi connectivity index (χ1) is 9.40. The second-order valence-corrected chi connectivity index (χ2v) is 6.28. The molecule has 0 bridgehead atoms. The van der Waals surface area contributed by atoms with Gasteiger partial charge in [0.2, 0.25) is 0 Å². The van der Waals surface area contributed by atoms with Crippen molar-refractivity contribution < 1.29 is 4.79 Å². The third-order valence-corrected chi connectivity index (χ3v) is 4.45. The summed E-state index contributed by atoms with van der Waals surface area (Å²) in [4.78, 5) is 12.6. The monoisotopic (exact) mass is 330 g/mol. The number of ketones is 1. The molecule has 0 unspecified atom stereocenters. The Morgan fingerprint density at radius 2 is 1.45 bits per heavy atom. The third kappa shape index (κ3) is 3.01. The average molecular weight is 331 g/mol. The van der Waals surface area contributed by atoms with Crippen LogP contribution in [-0.2, 0) is 6.42 Å². The van der Waals surface area contributed by atoms with E-state index in [1.165, 1.54) is 11.1 Å². The lowest BCUT2D eigenvalue weighted by Crippen LogP contribution is -2.10. The van der Waals surface area contributed by atoms with Crippen LogP contribution in [0.5, 0.6) is 0 Å². The Morgan fingerprint density at radius 1 is 0.950 bits per heavy atom. The fourth-order valence-electron chi connectivity index (χ4n) is 2.51. The normalized spacial score (nSPS) is 10.7. The number of carbonyl (C=O) groups is 1. The Kier molecular flexibility index (Phi) is 4.44. The van der Waals surface area contributed by atoms with E-state index in [1.54, 1.807) is 0 Å². The van der Waals surface area contributed by atoms with Crippen LogP contribution in [0.15, 0.2) is 34.8 Å². The number of halogens is 1. The summed E-state index contributed by atoms with van der Waals surface area (Å²) in [5.41, 5.74) is 6.53. The zero-order chi connectivity index (χ0) is 14.9. The number of rotatable bonds is 3. The van der Waals surface area contributed by atoms with Crippen molar-refractivity contribution in [1.82, 2.24) is 0 Å². The number of hydrogen-bond donors (Lipinski definition) is 0. The van der Waals surface area contributed by atoms with Crippen molar-refractivity contribution in [3.8, 4) is 0 Å². The van der Waals surface area contributed by atoms with Gasteiger partial charge in [-0.05, 0) is 67.6 Å². The lowest BCUT2D eigenvalue weighted by Gasteiger charge is -2.14. The first-order valence-electron chi connectivity index (χ1n) is 6.75. The maximum absolute atomic E-state index is 12.6. The van der Waals surface area contributed by atoms with E-state index in [9.17, 15) is 4.79 Å². The lowest BCUT2D eigenvalue weighted by molar-refractivity contribution is 0.0991. The van der Waals surface area contributed by atoms with Crippen molar-refractivity contribution >= 4 is 21.7 Å². The van der Waals surface area contributed by atoms with Gasteiger partial charge >= 0.3 is 0 Å². The molecule has 2 aromatic rings. The first kappa shape index (κ1) is 15.0. The molecule has 20 heavy (non-hydrogen) atoms. The van der Waals surface area contributed by atoms with E-state index >= 15 is 0 Å². The van der Waals surface area contributed by atoms with Crippen LogP contribution in [0, 0.1) is 27.7 Å². The highest BCUT2D eigenvalue weighted by molar-refractivity contribution is 9.10. The molecule has 0 aliphatic heterocycles. The van der Waals surface area contributed by atoms with Crippen LogP contribution < -0.4 is 0 Å². The van der Waals surface area contributed by atoms with Gasteiger partial charge in [0, 0.05) is 16.5 Å². The molecule has 0 saturated carbocycles. The molecule has 0 N–H and O–H groups in total. The van der Waals surface area contributed by atoms with E-state index in [-0.39, 0.29) is 5.78 Å². The zero-order valence-electron chi connectivity index (χ0n) is 12.4. The zero-order valence-corrected chi connectivity index (χ0v) is 14.0. The predicted molar refractivity (Wildman–Crippen MR) is 87.6 cm³/mol. The van der Waals surface area contributed by atoms with Crippen LogP contribution in [0.4, 0.5) is 0 Å². The van der Waals surface area contributed by atoms with Gasteiger partial charge in [-0.15, -0.1) is 0 Å². The summed E-state index contributed by atoms with van der Waals surface area (Å²) in [6.45, 7) is 8.21. The molecule has 0 saturated heterocycles. The predicted octanol–water partition coefficient (Wildman–Crippen LogP) is 5.11. The Balaban J connectivity index is 2.37. The second-order valence-electron chi connectivity index (χ2n) is 5.36. The summed E-state index contributed by atoms with van der Waals surface area (Å²) in [5.74, 6) is 0.203. The summed E-state index contributed by atoms with van der Waals surface area (Å²) in [6, 6.07) is 10.1. The van der Waals surface area contributed by atoms with E-state index in [1.807, 2.05) is 38.1 Å². The van der Waals surface area contributed by atoms with Crippen LogP contribution in [-0.4, -0.2) is 5.78 Å². The molecule has 0 fully saturated rings. The topological polar surface area (TPSA) is 17.1 Å². The summed E-state index contributed by atoms with van der Waals surface area (Å²) >= 11 is 3.41. The van der Waals surface area contributed by atoms with Crippen molar-refractivity contribution in [2.45, 2.75) is 34.1 Å². The van der Waals surface area contributed by atoms with Gasteiger partial charge in [0.1, 0.15) is 0 Å². The Hall–Kier alpha value is -1.41. The van der Waals surface area contributed by atoms with Crippen molar-refractivity contribution in [2.24, 2.45) is 0 Å². The molecule has 2 aromatic carbocycles. The van der Waals surface area contributed by atoms with Crippen LogP contribution in [0.25, 0.3) is 0 Å². The Morgan fingerprint density at radius 3 is 1.95 bits per heavy atom. The van der Waals surface area contributed by atoms with E-state index in [0.717, 1.165) is 26.7 Å². The number of aryl methyl sites for hydroxylation is 2. The molecule has 2 rings (SSSR count). The van der Waals surface area contributed by atoms with Crippen molar-refractivity contribution in [1.29, 1.82) is 0 Å². The number of Topliss-reactive ketones (excluding diaryl/α,β-unsaturated/α-hetero) is 1. The summed E-state index contributed by atoms with van der Waals surface area (Å²) in [6.07, 6.45) is 0.456. The molecule has 0 aliphatic rings. The minimum atomic E-state index is 0.203. The summed E-state index contributed by atoms with van der Waals surface area (Å²) < 4.78 is 1.03. The standard InChI is InChI=1S/C18H19BrO/c1-11-9-12(2)14(4)18(13(11)3)17(20)10-15-5-7-16(19)8-6-15/h5-9H,10H2,1-4H3. The van der Waals surface area contributed by atoms with Gasteiger partial charge in [0.15, 0.2) is 5.78 Å². The molecule has 0 atom stereocenters. The maximum Gasteiger partial charge on any atom is 0.167 e. The summed E-state index contributed by atoms with van der Waals surface area (Å²) in [7, 11) is 0. The fraction of sp³-hybridized carbons (Fsp3) is 0.278. The van der Waals surface area contributed by atoms with Gasteiger partial charge in [-0.3, -0.25) is 4.79 Å². The van der Waals surface area contributed by atoms with E-state index < -0.39 is 0 Å². The van der Waals surface area contributed by atoms with Gasteiger partial charge in [-0.2, -0.15) is 0 Å². The van der Waals surface area contributed by atoms with E-state index in [0.29, 0.717) is 6.42 Å². The highest BCUT2D eigenvalue weighted by Gasteiger charge is 2.16. The van der Waals surface area contributed by atoms with E-state index in [2.05, 4.69) is 35.8 Å². The molecule has 0 radical (unpaired) electrons. The maximum atomic E-state index is 12.6. The van der Waals surface area contributed by atoms with Gasteiger partial charge in [-0.25, -0.2) is 0 Å². The van der Waals surface area contributed by atoms with Crippen LogP contribution in [0.2, 0.25) is 0 Å². The minimum absolute atomic E-state index is 0.203. The number of hydrogen-bond acceptors (Lipinski definition) is 1. The molecular formula is C18H19BrO.